The number of hydrogen-bond acceptors (Lipinski definition) is 5. The van der Waals surface area contributed by atoms with Crippen molar-refractivity contribution in [2.45, 2.75) is 32.8 Å². The molecule has 0 aliphatic rings. The van der Waals surface area contributed by atoms with E-state index in [1.54, 1.807) is 19.1 Å². The number of hydrogen-bond donors (Lipinski definition) is 0. The lowest BCUT2D eigenvalue weighted by Crippen LogP contribution is -2.28. The van der Waals surface area contributed by atoms with Crippen LogP contribution in [-0.2, 0) is 9.53 Å². The van der Waals surface area contributed by atoms with E-state index in [1.807, 2.05) is 25.1 Å². The van der Waals surface area contributed by atoms with Gasteiger partial charge in [-0.2, -0.15) is 4.68 Å². The summed E-state index contributed by atoms with van der Waals surface area (Å²) in [7, 11) is 0. The lowest BCUT2D eigenvalue weighted by Gasteiger charge is -2.14. The first-order chi connectivity index (χ1) is 11.1. The van der Waals surface area contributed by atoms with Gasteiger partial charge in [0.2, 0.25) is 5.88 Å². The number of unbranched alkanes of at least 4 members (excludes halogenated alkanes) is 1. The van der Waals surface area contributed by atoms with E-state index < -0.39 is 12.1 Å². The summed E-state index contributed by atoms with van der Waals surface area (Å²) in [5.74, 6) is -0.258. The minimum atomic E-state index is -0.791. The van der Waals surface area contributed by atoms with Gasteiger partial charge >= 0.3 is 5.97 Å². The molecule has 0 amide bonds. The van der Waals surface area contributed by atoms with Gasteiger partial charge in [-0.05, 0) is 25.5 Å². The van der Waals surface area contributed by atoms with E-state index in [2.05, 4.69) is 5.10 Å². The molecule has 1 heterocycles. The fraction of sp³-hybridized carbons (Fsp3) is 0.353. The molecule has 0 bridgehead atoms. The normalized spacial score (nSPS) is 11.7. The second-order valence-corrected chi connectivity index (χ2v) is 5.04. The maximum atomic E-state index is 11.9. The van der Waals surface area contributed by atoms with Crippen LogP contribution < -0.4 is 10.3 Å². The molecule has 0 radical (unpaired) electrons. The van der Waals surface area contributed by atoms with Crippen molar-refractivity contribution >= 4 is 5.97 Å². The van der Waals surface area contributed by atoms with E-state index in [1.165, 1.54) is 16.8 Å². The molecule has 0 saturated heterocycles. The molecule has 0 unspecified atom stereocenters. The van der Waals surface area contributed by atoms with Crippen LogP contribution in [0.5, 0.6) is 5.88 Å². The van der Waals surface area contributed by atoms with Crippen LogP contribution in [0.2, 0.25) is 0 Å². The Balaban J connectivity index is 2.09. The zero-order valence-corrected chi connectivity index (χ0v) is 13.3. The monoisotopic (exact) mass is 316 g/mol. The van der Waals surface area contributed by atoms with Gasteiger partial charge in [0.05, 0.1) is 12.3 Å². The molecule has 0 aliphatic heterocycles. The molecule has 0 saturated carbocycles. The van der Waals surface area contributed by atoms with Gasteiger partial charge in [-0.1, -0.05) is 31.5 Å². The van der Waals surface area contributed by atoms with E-state index >= 15 is 0 Å². The Morgan fingerprint density at radius 2 is 1.96 bits per heavy atom. The quantitative estimate of drug-likeness (QED) is 0.579. The number of carbonyl (C=O) groups is 1. The van der Waals surface area contributed by atoms with Crippen molar-refractivity contribution in [1.29, 1.82) is 0 Å². The van der Waals surface area contributed by atoms with Crippen LogP contribution in [0.4, 0.5) is 0 Å². The van der Waals surface area contributed by atoms with Crippen molar-refractivity contribution in [3.8, 4) is 11.6 Å². The first kappa shape index (κ1) is 16.7. The smallest absolute Gasteiger partial charge is 0.347 e. The highest BCUT2D eigenvalue weighted by Crippen LogP contribution is 2.09. The van der Waals surface area contributed by atoms with Gasteiger partial charge in [0.25, 0.3) is 5.56 Å². The first-order valence-corrected chi connectivity index (χ1v) is 7.61. The standard InChI is InChI=1S/C17H20N2O4/c1-3-4-12-22-17(21)13(2)23-15-10-11-16(20)19(18-15)14-8-6-5-7-9-14/h5-11,13H,3-4,12H2,1-2H3/t13-/m1/s1. The molecular formula is C17H20N2O4. The van der Waals surface area contributed by atoms with Crippen molar-refractivity contribution in [1.82, 2.24) is 9.78 Å². The van der Waals surface area contributed by atoms with Gasteiger partial charge < -0.3 is 9.47 Å². The van der Waals surface area contributed by atoms with Gasteiger partial charge in [0.15, 0.2) is 6.10 Å². The molecule has 122 valence electrons. The van der Waals surface area contributed by atoms with Crippen LogP contribution in [0.15, 0.2) is 47.3 Å². The minimum absolute atomic E-state index is 0.188. The molecule has 2 aromatic rings. The van der Waals surface area contributed by atoms with Gasteiger partial charge in [-0.15, -0.1) is 5.10 Å². The molecule has 6 nitrogen and oxygen atoms in total. The lowest BCUT2D eigenvalue weighted by atomic mass is 10.3. The Bertz CT molecular complexity index is 697. The second kappa shape index (κ2) is 8.12. The van der Waals surface area contributed by atoms with Crippen LogP contribution in [0.3, 0.4) is 0 Å². The van der Waals surface area contributed by atoms with Crippen LogP contribution in [0.1, 0.15) is 26.7 Å². The van der Waals surface area contributed by atoms with Gasteiger partial charge in [-0.3, -0.25) is 4.79 Å². The third-order valence-electron chi connectivity index (χ3n) is 3.15. The molecule has 1 aromatic heterocycles. The molecular weight excluding hydrogens is 296 g/mol. The van der Waals surface area contributed by atoms with Crippen LogP contribution in [0, 0.1) is 0 Å². The number of rotatable bonds is 7. The van der Waals surface area contributed by atoms with Crippen molar-refractivity contribution in [3.63, 3.8) is 0 Å². The topological polar surface area (TPSA) is 70.4 Å². The fourth-order valence-electron chi connectivity index (χ4n) is 1.88. The Morgan fingerprint density at radius 1 is 1.22 bits per heavy atom. The van der Waals surface area contributed by atoms with Gasteiger partial charge in [0, 0.05) is 12.1 Å². The van der Waals surface area contributed by atoms with Crippen molar-refractivity contribution < 1.29 is 14.3 Å². The van der Waals surface area contributed by atoms with E-state index in [0.717, 1.165) is 12.8 Å². The average molecular weight is 316 g/mol. The number of ether oxygens (including phenoxy) is 2. The summed E-state index contributed by atoms with van der Waals surface area (Å²) in [5.41, 5.74) is 0.350. The fourth-order valence-corrected chi connectivity index (χ4v) is 1.88. The predicted molar refractivity (Wildman–Crippen MR) is 85.8 cm³/mol. The van der Waals surface area contributed by atoms with E-state index in [9.17, 15) is 9.59 Å². The van der Waals surface area contributed by atoms with Crippen molar-refractivity contribution in [2.24, 2.45) is 0 Å². The van der Waals surface area contributed by atoms with Gasteiger partial charge in [0.1, 0.15) is 0 Å². The number of esters is 1. The summed E-state index contributed by atoms with van der Waals surface area (Å²) in [6, 6.07) is 11.8. The van der Waals surface area contributed by atoms with E-state index in [-0.39, 0.29) is 11.4 Å². The second-order valence-electron chi connectivity index (χ2n) is 5.04. The number of para-hydroxylation sites is 1. The molecule has 0 aliphatic carbocycles. The molecule has 0 N–H and O–H groups in total. The van der Waals surface area contributed by atoms with Crippen LogP contribution in [-0.4, -0.2) is 28.5 Å². The third kappa shape index (κ3) is 4.67. The Morgan fingerprint density at radius 3 is 2.65 bits per heavy atom. The zero-order chi connectivity index (χ0) is 16.7. The largest absolute Gasteiger partial charge is 0.463 e. The highest BCUT2D eigenvalue weighted by molar-refractivity contribution is 5.74. The summed E-state index contributed by atoms with van der Waals surface area (Å²) < 4.78 is 11.8. The van der Waals surface area contributed by atoms with Crippen molar-refractivity contribution in [3.05, 3.63) is 52.8 Å². The van der Waals surface area contributed by atoms with Crippen molar-refractivity contribution in [2.75, 3.05) is 6.61 Å². The molecule has 0 spiro atoms. The molecule has 1 atom stereocenters. The summed E-state index contributed by atoms with van der Waals surface area (Å²) in [6.07, 6.45) is 0.975. The number of aromatic nitrogens is 2. The third-order valence-corrected chi connectivity index (χ3v) is 3.15. The molecule has 6 heteroatoms. The average Bonchev–Trinajstić information content (AvgIpc) is 2.57. The van der Waals surface area contributed by atoms with E-state index in [0.29, 0.717) is 12.3 Å². The number of carbonyl (C=O) groups excluding carboxylic acids is 1. The Labute approximate surface area is 134 Å². The van der Waals surface area contributed by atoms with Crippen LogP contribution in [0.25, 0.3) is 5.69 Å². The highest BCUT2D eigenvalue weighted by Gasteiger charge is 2.17. The van der Waals surface area contributed by atoms with Crippen LogP contribution >= 0.6 is 0 Å². The Kier molecular flexibility index (Phi) is 5.91. The predicted octanol–water partition coefficient (Wildman–Crippen LogP) is 2.34. The molecule has 2 rings (SSSR count). The minimum Gasteiger partial charge on any atom is -0.463 e. The van der Waals surface area contributed by atoms with Gasteiger partial charge in [-0.25, -0.2) is 4.79 Å². The first-order valence-electron chi connectivity index (χ1n) is 7.61. The Hall–Kier alpha value is -2.63. The van der Waals surface area contributed by atoms with E-state index in [4.69, 9.17) is 9.47 Å². The lowest BCUT2D eigenvalue weighted by molar-refractivity contribution is -0.151. The maximum Gasteiger partial charge on any atom is 0.347 e. The SMILES string of the molecule is CCCCOC(=O)[C@@H](C)Oc1ccc(=O)n(-c2ccccc2)n1. The summed E-state index contributed by atoms with van der Waals surface area (Å²) in [4.78, 5) is 23.7. The molecule has 1 aromatic carbocycles. The highest BCUT2D eigenvalue weighted by atomic mass is 16.6. The zero-order valence-electron chi connectivity index (χ0n) is 13.3. The summed E-state index contributed by atoms with van der Waals surface area (Å²) in [6.45, 7) is 3.98. The summed E-state index contributed by atoms with van der Waals surface area (Å²) in [5, 5.41) is 4.14. The summed E-state index contributed by atoms with van der Waals surface area (Å²) >= 11 is 0. The number of nitrogens with zero attached hydrogens (tertiary/aromatic N) is 2. The molecule has 0 fully saturated rings. The molecule has 23 heavy (non-hydrogen) atoms. The number of benzene rings is 1. The maximum absolute atomic E-state index is 11.9.